The maximum absolute atomic E-state index is 13.0. The average Bonchev–Trinajstić information content (AvgIpc) is 3.35. The van der Waals surface area contributed by atoms with Gasteiger partial charge in [0.15, 0.2) is 0 Å². The number of ether oxygens (including phenoxy) is 2. The van der Waals surface area contributed by atoms with Crippen LogP contribution in [0.5, 0.6) is 0 Å². The number of benzene rings is 1. The van der Waals surface area contributed by atoms with Gasteiger partial charge in [-0.15, -0.1) is 0 Å². The quantitative estimate of drug-likeness (QED) is 0.514. The van der Waals surface area contributed by atoms with Crippen LogP contribution in [-0.2, 0) is 20.7 Å². The lowest BCUT2D eigenvalue weighted by molar-refractivity contribution is -0.147. The molecule has 4 fully saturated rings. The molecular formula is C28H36N2O3. The van der Waals surface area contributed by atoms with Crippen molar-refractivity contribution in [1.82, 2.24) is 10.3 Å². The number of epoxide rings is 1. The van der Waals surface area contributed by atoms with E-state index in [-0.39, 0.29) is 35.0 Å². The summed E-state index contributed by atoms with van der Waals surface area (Å²) in [4.78, 5) is 16.7. The van der Waals surface area contributed by atoms with Crippen LogP contribution in [0.4, 0.5) is 0 Å². The van der Waals surface area contributed by atoms with Crippen LogP contribution in [0.1, 0.15) is 74.7 Å². The number of carbonyl (C=O) groups excluding carboxylic acids is 1. The topological polar surface area (TPSA) is 66.7 Å². The van der Waals surface area contributed by atoms with Crippen LogP contribution in [0.2, 0.25) is 0 Å². The van der Waals surface area contributed by atoms with Gasteiger partial charge in [-0.05, 0) is 87.3 Å². The lowest BCUT2D eigenvalue weighted by Gasteiger charge is -2.51. The molecule has 7 rings (SSSR count). The van der Waals surface area contributed by atoms with E-state index in [0.29, 0.717) is 11.8 Å². The minimum absolute atomic E-state index is 0.0221. The first-order valence-corrected chi connectivity index (χ1v) is 13.1. The molecule has 33 heavy (non-hydrogen) atoms. The summed E-state index contributed by atoms with van der Waals surface area (Å²) in [7, 11) is 0. The Labute approximate surface area is 196 Å². The van der Waals surface area contributed by atoms with Crippen LogP contribution in [0, 0.1) is 30.1 Å². The van der Waals surface area contributed by atoms with E-state index in [4.69, 9.17) is 9.47 Å². The van der Waals surface area contributed by atoms with E-state index in [9.17, 15) is 4.79 Å². The summed E-state index contributed by atoms with van der Waals surface area (Å²) in [5, 5.41) is 5.18. The van der Waals surface area contributed by atoms with Crippen molar-refractivity contribution in [3.8, 4) is 0 Å². The van der Waals surface area contributed by atoms with E-state index in [1.54, 1.807) is 0 Å². The Kier molecular flexibility index (Phi) is 4.40. The number of rotatable bonds is 3. The first-order valence-electron chi connectivity index (χ1n) is 13.1. The lowest BCUT2D eigenvalue weighted by Crippen LogP contribution is -2.51. The average molecular weight is 449 g/mol. The third-order valence-corrected chi connectivity index (χ3v) is 10.0. The monoisotopic (exact) mass is 448 g/mol. The SMILES string of the molecule is Cc1ccc2[nH]c3c(c2c1)CCC[C@@H]3NC[C@@H]1C(=O)O[C@@H]2C[C@@]3(C)CCC[C@]4(CO4)[C@@H]3C[C@H]12. The largest absolute Gasteiger partial charge is 0.462 e. The number of hydrogen-bond acceptors (Lipinski definition) is 4. The molecule has 0 amide bonds. The highest BCUT2D eigenvalue weighted by Crippen LogP contribution is 2.62. The minimum atomic E-state index is -0.0331. The number of fused-ring (bicyclic) bond motifs is 6. The van der Waals surface area contributed by atoms with Gasteiger partial charge in [-0.1, -0.05) is 18.6 Å². The van der Waals surface area contributed by atoms with Crippen LogP contribution in [-0.4, -0.2) is 35.8 Å². The van der Waals surface area contributed by atoms with Crippen LogP contribution in [0.25, 0.3) is 10.9 Å². The predicted octanol–water partition coefficient (Wildman–Crippen LogP) is 4.97. The van der Waals surface area contributed by atoms with Gasteiger partial charge >= 0.3 is 5.97 Å². The Hall–Kier alpha value is -1.85. The molecule has 7 atom stereocenters. The zero-order chi connectivity index (χ0) is 22.4. The number of aryl methyl sites for hydroxylation is 2. The maximum atomic E-state index is 13.0. The predicted molar refractivity (Wildman–Crippen MR) is 127 cm³/mol. The highest BCUT2D eigenvalue weighted by molar-refractivity contribution is 5.85. The second kappa shape index (κ2) is 7.08. The van der Waals surface area contributed by atoms with Crippen molar-refractivity contribution >= 4 is 16.9 Å². The molecule has 0 unspecified atom stereocenters. The van der Waals surface area contributed by atoms with Gasteiger partial charge in [0.05, 0.1) is 18.1 Å². The number of aromatic nitrogens is 1. The molecule has 2 saturated heterocycles. The summed E-state index contributed by atoms with van der Waals surface area (Å²) in [5.41, 5.74) is 5.72. The fourth-order valence-electron chi connectivity index (χ4n) is 8.24. The van der Waals surface area contributed by atoms with E-state index in [2.05, 4.69) is 42.3 Å². The summed E-state index contributed by atoms with van der Waals surface area (Å²) < 4.78 is 12.1. The van der Waals surface area contributed by atoms with Crippen molar-refractivity contribution in [3.63, 3.8) is 0 Å². The van der Waals surface area contributed by atoms with E-state index in [0.717, 1.165) is 38.8 Å². The van der Waals surface area contributed by atoms with Crippen molar-refractivity contribution < 1.29 is 14.3 Å². The highest BCUT2D eigenvalue weighted by atomic mass is 16.6. The van der Waals surface area contributed by atoms with Gasteiger partial charge < -0.3 is 19.8 Å². The van der Waals surface area contributed by atoms with Crippen LogP contribution >= 0.6 is 0 Å². The van der Waals surface area contributed by atoms with Crippen LogP contribution in [0.3, 0.4) is 0 Å². The van der Waals surface area contributed by atoms with Gasteiger partial charge in [0.1, 0.15) is 6.10 Å². The lowest BCUT2D eigenvalue weighted by atomic mass is 9.53. The number of esters is 1. The Balaban J connectivity index is 1.11. The van der Waals surface area contributed by atoms with E-state index in [1.807, 2.05) is 0 Å². The molecule has 1 aromatic heterocycles. The van der Waals surface area contributed by atoms with Crippen molar-refractivity contribution in [2.75, 3.05) is 13.2 Å². The van der Waals surface area contributed by atoms with Crippen molar-refractivity contribution in [2.45, 2.75) is 83.0 Å². The van der Waals surface area contributed by atoms with Crippen molar-refractivity contribution in [3.05, 3.63) is 35.0 Å². The molecule has 2 saturated carbocycles. The number of hydrogen-bond donors (Lipinski definition) is 2. The number of nitrogens with one attached hydrogen (secondary N) is 2. The number of carbonyl (C=O) groups is 1. The van der Waals surface area contributed by atoms with Crippen molar-refractivity contribution in [2.24, 2.45) is 23.2 Å². The Morgan fingerprint density at radius 3 is 2.97 bits per heavy atom. The molecule has 2 N–H and O–H groups in total. The third-order valence-electron chi connectivity index (χ3n) is 10.0. The fourth-order valence-corrected chi connectivity index (χ4v) is 8.24. The minimum Gasteiger partial charge on any atom is -0.462 e. The molecule has 2 aromatic rings. The summed E-state index contributed by atoms with van der Waals surface area (Å²) in [6.45, 7) is 6.23. The molecule has 0 bridgehead atoms. The Morgan fingerprint density at radius 2 is 2.12 bits per heavy atom. The number of H-pyrrole nitrogens is 1. The molecule has 176 valence electrons. The zero-order valence-electron chi connectivity index (χ0n) is 19.9. The second-order valence-corrected chi connectivity index (χ2v) is 12.0. The molecule has 3 aliphatic carbocycles. The molecule has 1 aromatic carbocycles. The van der Waals surface area contributed by atoms with Crippen LogP contribution < -0.4 is 5.32 Å². The molecule has 5 nitrogen and oxygen atoms in total. The molecule has 2 aliphatic heterocycles. The summed E-state index contributed by atoms with van der Waals surface area (Å²) in [6, 6.07) is 6.98. The first kappa shape index (κ1) is 20.5. The second-order valence-electron chi connectivity index (χ2n) is 12.0. The summed E-state index contributed by atoms with van der Waals surface area (Å²) in [6.07, 6.45) is 9.33. The van der Waals surface area contributed by atoms with Gasteiger partial charge in [0.25, 0.3) is 0 Å². The third kappa shape index (κ3) is 3.07. The number of aromatic amines is 1. The van der Waals surface area contributed by atoms with E-state index >= 15 is 0 Å². The summed E-state index contributed by atoms with van der Waals surface area (Å²) >= 11 is 0. The van der Waals surface area contributed by atoms with Gasteiger partial charge in [-0.25, -0.2) is 0 Å². The smallest absolute Gasteiger partial charge is 0.310 e. The highest BCUT2D eigenvalue weighted by Gasteiger charge is 2.65. The molecule has 3 heterocycles. The standard InChI is InChI=1S/C28H36N2O3/c1-16-7-8-21-18(11-16)17-5-3-6-22(25(17)30-21)29-14-20-19-12-24-27(2,13-23(19)33-26(20)31)9-4-10-28(24)15-32-28/h7-8,11,19-20,22-24,29-30H,3-6,9-10,12-15H2,1-2H3/t19-,20+,22+,23-,24-,27-,28+/m1/s1. The molecule has 5 heteroatoms. The maximum Gasteiger partial charge on any atom is 0.310 e. The zero-order valence-corrected chi connectivity index (χ0v) is 19.9. The Bertz CT molecular complexity index is 1120. The molecule has 1 spiro atoms. The molecule has 0 radical (unpaired) electrons. The van der Waals surface area contributed by atoms with Crippen molar-refractivity contribution in [1.29, 1.82) is 0 Å². The van der Waals surface area contributed by atoms with E-state index < -0.39 is 0 Å². The van der Waals surface area contributed by atoms with Gasteiger partial charge in [0, 0.05) is 35.1 Å². The fraction of sp³-hybridized carbons (Fsp3) is 0.679. The Morgan fingerprint density at radius 1 is 1.24 bits per heavy atom. The molecular weight excluding hydrogens is 412 g/mol. The normalized spacial score (nSPS) is 41.5. The van der Waals surface area contributed by atoms with E-state index in [1.165, 1.54) is 53.4 Å². The first-order chi connectivity index (χ1) is 16.0. The molecule has 5 aliphatic rings. The van der Waals surface area contributed by atoms with Gasteiger partial charge in [-0.2, -0.15) is 0 Å². The van der Waals surface area contributed by atoms with Gasteiger partial charge in [0.2, 0.25) is 0 Å². The summed E-state index contributed by atoms with van der Waals surface area (Å²) in [5.74, 6) is 0.897. The van der Waals surface area contributed by atoms with Gasteiger partial charge in [-0.3, -0.25) is 4.79 Å². The van der Waals surface area contributed by atoms with Crippen LogP contribution in [0.15, 0.2) is 18.2 Å².